The van der Waals surface area contributed by atoms with Crippen LogP contribution in [0.2, 0.25) is 0 Å². The predicted molar refractivity (Wildman–Crippen MR) is 60.4 cm³/mol. The molecule has 0 aliphatic heterocycles. The molecule has 0 fully saturated rings. The highest BCUT2D eigenvalue weighted by Crippen LogP contribution is 2.22. The molecule has 2 aromatic rings. The molecule has 14 heavy (non-hydrogen) atoms. The third-order valence-corrected chi connectivity index (χ3v) is 2.85. The van der Waals surface area contributed by atoms with Crippen molar-refractivity contribution in [3.8, 4) is 0 Å². The summed E-state index contributed by atoms with van der Waals surface area (Å²) in [6.07, 6.45) is 2.03. The first-order valence-corrected chi connectivity index (χ1v) is 5.30. The lowest BCUT2D eigenvalue weighted by molar-refractivity contribution is 0.800. The Balaban J connectivity index is 2.72. The lowest BCUT2D eigenvalue weighted by Crippen LogP contribution is -2.05. The lowest BCUT2D eigenvalue weighted by Gasteiger charge is -2.00. The molecule has 0 saturated carbocycles. The van der Waals surface area contributed by atoms with E-state index in [1.54, 1.807) is 0 Å². The highest BCUT2D eigenvalue weighted by Gasteiger charge is 2.09. The van der Waals surface area contributed by atoms with Gasteiger partial charge in [0.2, 0.25) is 0 Å². The van der Waals surface area contributed by atoms with Gasteiger partial charge in [0, 0.05) is 17.2 Å². The van der Waals surface area contributed by atoms with Crippen LogP contribution in [0.25, 0.3) is 5.52 Å². The van der Waals surface area contributed by atoms with E-state index in [1.807, 2.05) is 32.3 Å². The molecule has 0 radical (unpaired) electrons. The minimum Gasteiger partial charge on any atom is -0.314 e. The topological polar surface area (TPSA) is 29.3 Å². The van der Waals surface area contributed by atoms with Crippen LogP contribution in [0.4, 0.5) is 0 Å². The van der Waals surface area contributed by atoms with Gasteiger partial charge in [0.1, 0.15) is 5.82 Å². The van der Waals surface area contributed by atoms with Crippen molar-refractivity contribution in [2.75, 3.05) is 7.05 Å². The summed E-state index contributed by atoms with van der Waals surface area (Å²) in [5, 5.41) is 3.12. The number of hydrogen-bond donors (Lipinski definition) is 1. The van der Waals surface area contributed by atoms with Crippen LogP contribution in [0.3, 0.4) is 0 Å². The summed E-state index contributed by atoms with van der Waals surface area (Å²) in [6, 6.07) is 4.05. The maximum Gasteiger partial charge on any atom is 0.110 e. The molecule has 0 spiro atoms. The Kier molecular flexibility index (Phi) is 2.56. The Morgan fingerprint density at radius 3 is 3.07 bits per heavy atom. The summed E-state index contributed by atoms with van der Waals surface area (Å²) in [6.45, 7) is 2.80. The van der Waals surface area contributed by atoms with Gasteiger partial charge in [0.05, 0.1) is 11.2 Å². The van der Waals surface area contributed by atoms with Crippen molar-refractivity contribution < 1.29 is 0 Å². The van der Waals surface area contributed by atoms with Gasteiger partial charge in [-0.25, -0.2) is 4.98 Å². The van der Waals surface area contributed by atoms with Gasteiger partial charge >= 0.3 is 0 Å². The van der Waals surface area contributed by atoms with Crippen molar-refractivity contribution in [1.29, 1.82) is 0 Å². The maximum atomic E-state index is 4.51. The van der Waals surface area contributed by atoms with Gasteiger partial charge in [-0.2, -0.15) is 0 Å². The highest BCUT2D eigenvalue weighted by atomic mass is 79.9. The van der Waals surface area contributed by atoms with Gasteiger partial charge < -0.3 is 9.72 Å². The summed E-state index contributed by atoms with van der Waals surface area (Å²) >= 11 is 3.54. The van der Waals surface area contributed by atoms with E-state index in [-0.39, 0.29) is 0 Å². The molecule has 74 valence electrons. The predicted octanol–water partition coefficient (Wildman–Crippen LogP) is 2.12. The zero-order chi connectivity index (χ0) is 10.1. The van der Waals surface area contributed by atoms with E-state index in [0.717, 1.165) is 28.1 Å². The van der Waals surface area contributed by atoms with Crippen molar-refractivity contribution in [2.24, 2.45) is 0 Å². The van der Waals surface area contributed by atoms with Crippen LogP contribution in [-0.4, -0.2) is 16.4 Å². The first-order chi connectivity index (χ1) is 6.74. The van der Waals surface area contributed by atoms with Crippen LogP contribution in [0.15, 0.2) is 22.8 Å². The van der Waals surface area contributed by atoms with E-state index in [4.69, 9.17) is 0 Å². The van der Waals surface area contributed by atoms with E-state index in [0.29, 0.717) is 0 Å². The molecular weight excluding hydrogens is 242 g/mol. The minimum absolute atomic E-state index is 0.792. The summed E-state index contributed by atoms with van der Waals surface area (Å²) < 4.78 is 3.18. The van der Waals surface area contributed by atoms with Crippen LogP contribution in [0.1, 0.15) is 11.5 Å². The Bertz CT molecular complexity index is 462. The normalized spacial score (nSPS) is 11.1. The number of nitrogens with zero attached hydrogens (tertiary/aromatic N) is 2. The molecule has 0 aliphatic carbocycles. The highest BCUT2D eigenvalue weighted by molar-refractivity contribution is 9.10. The minimum atomic E-state index is 0.792. The van der Waals surface area contributed by atoms with E-state index in [9.17, 15) is 0 Å². The standard InChI is InChI=1S/C10H12BrN3/c1-7-13-9(6-12-2)10-8(11)4-3-5-14(7)10/h3-5,12H,6H2,1-2H3. The van der Waals surface area contributed by atoms with Crippen molar-refractivity contribution in [2.45, 2.75) is 13.5 Å². The van der Waals surface area contributed by atoms with Crippen LogP contribution in [0.5, 0.6) is 0 Å². The van der Waals surface area contributed by atoms with Gasteiger partial charge in [-0.1, -0.05) is 0 Å². The fraction of sp³-hybridized carbons (Fsp3) is 0.300. The molecule has 0 aromatic carbocycles. The monoisotopic (exact) mass is 253 g/mol. The second-order valence-corrected chi connectivity index (χ2v) is 4.07. The third kappa shape index (κ3) is 1.44. The van der Waals surface area contributed by atoms with E-state index < -0.39 is 0 Å². The zero-order valence-corrected chi connectivity index (χ0v) is 9.80. The quantitative estimate of drug-likeness (QED) is 0.889. The number of pyridine rings is 1. The van der Waals surface area contributed by atoms with E-state index >= 15 is 0 Å². The van der Waals surface area contributed by atoms with Gasteiger partial charge in [0.25, 0.3) is 0 Å². The summed E-state index contributed by atoms with van der Waals surface area (Å²) in [4.78, 5) is 4.51. The maximum absolute atomic E-state index is 4.51. The largest absolute Gasteiger partial charge is 0.314 e. The number of nitrogens with one attached hydrogen (secondary N) is 1. The Hall–Kier alpha value is -0.870. The Morgan fingerprint density at radius 1 is 1.57 bits per heavy atom. The molecule has 3 nitrogen and oxygen atoms in total. The lowest BCUT2D eigenvalue weighted by atomic mass is 10.3. The second-order valence-electron chi connectivity index (χ2n) is 3.21. The Morgan fingerprint density at radius 2 is 2.36 bits per heavy atom. The second kappa shape index (κ2) is 3.71. The van der Waals surface area contributed by atoms with Crippen LogP contribution in [-0.2, 0) is 6.54 Å². The molecular formula is C10H12BrN3. The first kappa shape index (κ1) is 9.68. The molecule has 1 N–H and O–H groups in total. The fourth-order valence-electron chi connectivity index (χ4n) is 1.62. The van der Waals surface area contributed by atoms with Gasteiger partial charge in [0.15, 0.2) is 0 Å². The zero-order valence-electron chi connectivity index (χ0n) is 8.21. The number of aromatic nitrogens is 2. The molecule has 0 bridgehead atoms. The Labute approximate surface area is 91.3 Å². The van der Waals surface area contributed by atoms with Crippen molar-refractivity contribution >= 4 is 21.4 Å². The number of halogens is 1. The summed E-state index contributed by atoms with van der Waals surface area (Å²) in [5.74, 6) is 1.02. The SMILES string of the molecule is CNCc1nc(C)n2cccc(Br)c12. The average molecular weight is 254 g/mol. The van der Waals surface area contributed by atoms with Crippen molar-refractivity contribution in [3.63, 3.8) is 0 Å². The molecule has 0 aliphatic rings. The summed E-state index contributed by atoms with van der Waals surface area (Å²) in [7, 11) is 1.93. The van der Waals surface area contributed by atoms with Crippen molar-refractivity contribution in [3.05, 3.63) is 34.3 Å². The molecule has 2 aromatic heterocycles. The number of rotatable bonds is 2. The van der Waals surface area contributed by atoms with Gasteiger partial charge in [-0.3, -0.25) is 0 Å². The molecule has 0 atom stereocenters. The van der Waals surface area contributed by atoms with Crippen LogP contribution in [0, 0.1) is 6.92 Å². The van der Waals surface area contributed by atoms with Crippen LogP contribution < -0.4 is 5.32 Å². The van der Waals surface area contributed by atoms with Crippen molar-refractivity contribution in [1.82, 2.24) is 14.7 Å². The molecule has 4 heteroatoms. The third-order valence-electron chi connectivity index (χ3n) is 2.21. The van der Waals surface area contributed by atoms with E-state index in [2.05, 4.69) is 30.6 Å². The number of imidazole rings is 1. The number of fused-ring (bicyclic) bond motifs is 1. The average Bonchev–Trinajstić information content (AvgIpc) is 2.46. The van der Waals surface area contributed by atoms with E-state index in [1.165, 1.54) is 0 Å². The van der Waals surface area contributed by atoms with Gasteiger partial charge in [-0.15, -0.1) is 0 Å². The first-order valence-electron chi connectivity index (χ1n) is 4.50. The van der Waals surface area contributed by atoms with Gasteiger partial charge in [-0.05, 0) is 42.0 Å². The number of aryl methyl sites for hydroxylation is 1. The van der Waals surface area contributed by atoms with Crippen LogP contribution >= 0.6 is 15.9 Å². The molecule has 2 rings (SSSR count). The molecule has 0 unspecified atom stereocenters. The molecule has 0 saturated heterocycles. The molecule has 2 heterocycles. The smallest absolute Gasteiger partial charge is 0.110 e. The summed E-state index contributed by atoms with van der Waals surface area (Å²) in [5.41, 5.74) is 2.23. The molecule has 0 amide bonds. The fourth-order valence-corrected chi connectivity index (χ4v) is 2.19. The number of hydrogen-bond acceptors (Lipinski definition) is 2.